The molecule has 9 heteroatoms. The number of anilines is 1. The number of hydrogen-bond donors (Lipinski definition) is 1. The highest BCUT2D eigenvalue weighted by Gasteiger charge is 2.28. The van der Waals surface area contributed by atoms with Crippen LogP contribution in [0.15, 0.2) is 61.4 Å². The molecule has 0 spiro atoms. The smallest absolute Gasteiger partial charge is 0.246 e. The minimum atomic E-state index is -0.484. The third-order valence-electron chi connectivity index (χ3n) is 7.04. The molecule has 1 fully saturated rings. The normalized spacial score (nSPS) is 15.5. The average molecular weight is 513 g/mol. The molecule has 2 N–H and O–H groups in total. The quantitative estimate of drug-likeness (QED) is 0.284. The molecule has 0 radical (unpaired) electrons. The molecule has 1 saturated heterocycles. The summed E-state index contributed by atoms with van der Waals surface area (Å²) in [4.78, 5) is 35.2. The van der Waals surface area contributed by atoms with Gasteiger partial charge in [-0.25, -0.2) is 19.0 Å². The lowest BCUT2D eigenvalue weighted by Gasteiger charge is -2.32. The van der Waals surface area contributed by atoms with E-state index in [1.54, 1.807) is 24.0 Å². The number of carbonyl (C=O) groups is 2. The third kappa shape index (κ3) is 4.91. The Balaban J connectivity index is 1.39. The lowest BCUT2D eigenvalue weighted by atomic mass is 10.00. The van der Waals surface area contributed by atoms with Crippen LogP contribution >= 0.6 is 0 Å². The van der Waals surface area contributed by atoms with Gasteiger partial charge in [0.1, 0.15) is 23.7 Å². The van der Waals surface area contributed by atoms with E-state index >= 15 is 0 Å². The van der Waals surface area contributed by atoms with Crippen molar-refractivity contribution in [1.29, 1.82) is 0 Å². The van der Waals surface area contributed by atoms with E-state index in [0.717, 1.165) is 29.5 Å². The Morgan fingerprint density at radius 3 is 2.71 bits per heavy atom. The van der Waals surface area contributed by atoms with Gasteiger partial charge >= 0.3 is 0 Å². The van der Waals surface area contributed by atoms with Crippen molar-refractivity contribution in [3.05, 3.63) is 84.0 Å². The molecule has 1 aliphatic heterocycles. The molecule has 1 amide bonds. The number of nitrogens with two attached hydrogens (primary N) is 1. The summed E-state index contributed by atoms with van der Waals surface area (Å²) in [6.45, 7) is 6.59. The van der Waals surface area contributed by atoms with Gasteiger partial charge in [0.05, 0.1) is 17.0 Å². The standard InChI is InChI=1S/C29H29FN6O2/c1-3-25(38)35-14-4-5-21(16-35)36-29-26(28(31)32-17-33-29)27(34-36)20-10-7-19(8-11-20)9-13-24(37)22-12-6-18(2)15-23(22)30/h3,6-8,10-12,15,17,21H,1,4-5,9,13-14,16H2,2H3,(H2,31,32,33)/t21-/m1/s1. The number of fused-ring (bicyclic) bond motifs is 1. The molecule has 0 aliphatic carbocycles. The maximum atomic E-state index is 14.2. The van der Waals surface area contributed by atoms with Gasteiger partial charge < -0.3 is 10.6 Å². The number of benzene rings is 2. The number of aryl methyl sites for hydroxylation is 2. The monoisotopic (exact) mass is 512 g/mol. The van der Waals surface area contributed by atoms with Crippen LogP contribution in [-0.2, 0) is 11.2 Å². The van der Waals surface area contributed by atoms with Crippen molar-refractivity contribution in [3.8, 4) is 11.3 Å². The SMILES string of the molecule is C=CC(=O)N1CCC[C@@H](n2nc(-c3ccc(CCC(=O)c4ccc(C)cc4F)cc3)c3c(N)ncnc32)C1. The van der Waals surface area contributed by atoms with E-state index in [2.05, 4.69) is 16.5 Å². The number of likely N-dealkylation sites (tertiary alicyclic amines) is 1. The second-order valence-corrected chi connectivity index (χ2v) is 9.64. The molecule has 5 rings (SSSR count). The number of hydrogen-bond acceptors (Lipinski definition) is 6. The fourth-order valence-electron chi connectivity index (χ4n) is 5.00. The number of piperidine rings is 1. The number of aromatic nitrogens is 4. The van der Waals surface area contributed by atoms with Gasteiger partial charge in [0.2, 0.25) is 5.91 Å². The summed E-state index contributed by atoms with van der Waals surface area (Å²) >= 11 is 0. The zero-order valence-corrected chi connectivity index (χ0v) is 21.2. The molecule has 4 aromatic rings. The van der Waals surface area contributed by atoms with Crippen molar-refractivity contribution >= 4 is 28.5 Å². The molecule has 2 aromatic heterocycles. The maximum absolute atomic E-state index is 14.2. The topological polar surface area (TPSA) is 107 Å². The minimum Gasteiger partial charge on any atom is -0.383 e. The molecular weight excluding hydrogens is 483 g/mol. The molecule has 1 atom stereocenters. The van der Waals surface area contributed by atoms with Crippen molar-refractivity contribution in [3.63, 3.8) is 0 Å². The summed E-state index contributed by atoms with van der Waals surface area (Å²) in [6, 6.07) is 12.3. The van der Waals surface area contributed by atoms with Crippen molar-refractivity contribution in [2.75, 3.05) is 18.8 Å². The molecule has 194 valence electrons. The molecule has 3 heterocycles. The molecule has 2 aromatic carbocycles. The van der Waals surface area contributed by atoms with E-state index < -0.39 is 5.82 Å². The van der Waals surface area contributed by atoms with Gasteiger partial charge in [-0.05, 0) is 55.5 Å². The van der Waals surface area contributed by atoms with E-state index in [1.165, 1.54) is 18.5 Å². The number of nitrogens with zero attached hydrogens (tertiary/aromatic N) is 5. The number of Topliss-reactive ketones (excluding diaryl/α,β-unsaturated/α-hetero) is 1. The second kappa shape index (κ2) is 10.5. The lowest BCUT2D eigenvalue weighted by Crippen LogP contribution is -2.40. The first kappa shape index (κ1) is 25.3. The number of carbonyl (C=O) groups excluding carboxylic acids is 2. The molecule has 0 unspecified atom stereocenters. The van der Waals surface area contributed by atoms with Crippen LogP contribution in [0.1, 0.15) is 46.8 Å². The van der Waals surface area contributed by atoms with Gasteiger partial charge in [0, 0.05) is 25.1 Å². The molecular formula is C29H29FN6O2. The fraction of sp³-hybridized carbons (Fsp3) is 0.276. The van der Waals surface area contributed by atoms with Gasteiger partial charge in [-0.3, -0.25) is 9.59 Å². The molecule has 8 nitrogen and oxygen atoms in total. The number of ketones is 1. The first-order valence-corrected chi connectivity index (χ1v) is 12.6. The van der Waals surface area contributed by atoms with Crippen molar-refractivity contribution < 1.29 is 14.0 Å². The van der Waals surface area contributed by atoms with Crippen molar-refractivity contribution in [2.45, 2.75) is 38.6 Å². The maximum Gasteiger partial charge on any atom is 0.246 e. The summed E-state index contributed by atoms with van der Waals surface area (Å²) in [5.41, 5.74) is 10.2. The highest BCUT2D eigenvalue weighted by atomic mass is 19.1. The highest BCUT2D eigenvalue weighted by molar-refractivity contribution is 5.98. The predicted octanol–water partition coefficient (Wildman–Crippen LogP) is 4.69. The zero-order valence-electron chi connectivity index (χ0n) is 21.2. The second-order valence-electron chi connectivity index (χ2n) is 9.64. The van der Waals surface area contributed by atoms with Gasteiger partial charge in [0.25, 0.3) is 0 Å². The summed E-state index contributed by atoms with van der Waals surface area (Å²) in [5.74, 6) is -0.471. The number of rotatable bonds is 7. The summed E-state index contributed by atoms with van der Waals surface area (Å²) in [7, 11) is 0. The Hall–Kier alpha value is -4.40. The number of amides is 1. The first-order valence-electron chi connectivity index (χ1n) is 12.6. The van der Waals surface area contributed by atoms with E-state index in [1.807, 2.05) is 28.9 Å². The van der Waals surface area contributed by atoms with Crippen LogP contribution in [0.2, 0.25) is 0 Å². The van der Waals surface area contributed by atoms with Crippen molar-refractivity contribution in [1.82, 2.24) is 24.6 Å². The number of nitrogen functional groups attached to an aromatic ring is 1. The molecule has 38 heavy (non-hydrogen) atoms. The lowest BCUT2D eigenvalue weighted by molar-refractivity contribution is -0.127. The van der Waals surface area contributed by atoms with Crippen LogP contribution in [0, 0.1) is 12.7 Å². The van der Waals surface area contributed by atoms with E-state index in [9.17, 15) is 14.0 Å². The molecule has 0 saturated carbocycles. The van der Waals surface area contributed by atoms with Crippen LogP contribution in [0.3, 0.4) is 0 Å². The van der Waals surface area contributed by atoms with Crippen LogP contribution in [-0.4, -0.2) is 49.4 Å². The highest BCUT2D eigenvalue weighted by Crippen LogP contribution is 2.34. The Morgan fingerprint density at radius 1 is 1.18 bits per heavy atom. The fourth-order valence-corrected chi connectivity index (χ4v) is 5.00. The largest absolute Gasteiger partial charge is 0.383 e. The van der Waals surface area contributed by atoms with E-state index in [4.69, 9.17) is 10.8 Å². The minimum absolute atomic E-state index is 0.0503. The van der Waals surface area contributed by atoms with E-state index in [-0.39, 0.29) is 29.7 Å². The van der Waals surface area contributed by atoms with Crippen LogP contribution in [0.25, 0.3) is 22.3 Å². The Bertz CT molecular complexity index is 1530. The Morgan fingerprint density at radius 2 is 1.97 bits per heavy atom. The zero-order chi connectivity index (χ0) is 26.8. The van der Waals surface area contributed by atoms with Crippen LogP contribution < -0.4 is 5.73 Å². The molecule has 0 bridgehead atoms. The Kier molecular flexibility index (Phi) is 7.00. The first-order chi connectivity index (χ1) is 18.4. The Labute approximate surface area is 220 Å². The van der Waals surface area contributed by atoms with Gasteiger partial charge in [-0.15, -0.1) is 0 Å². The van der Waals surface area contributed by atoms with Crippen molar-refractivity contribution in [2.24, 2.45) is 0 Å². The van der Waals surface area contributed by atoms with Crippen LogP contribution in [0.5, 0.6) is 0 Å². The summed E-state index contributed by atoms with van der Waals surface area (Å²) in [6.07, 6.45) is 5.16. The van der Waals surface area contributed by atoms with Crippen LogP contribution in [0.4, 0.5) is 10.2 Å². The third-order valence-corrected chi connectivity index (χ3v) is 7.04. The number of halogens is 1. The summed E-state index contributed by atoms with van der Waals surface area (Å²) < 4.78 is 16.0. The predicted molar refractivity (Wildman–Crippen MR) is 144 cm³/mol. The summed E-state index contributed by atoms with van der Waals surface area (Å²) in [5, 5.41) is 5.56. The van der Waals surface area contributed by atoms with Gasteiger partial charge in [-0.1, -0.05) is 36.9 Å². The molecule has 1 aliphatic rings. The van der Waals surface area contributed by atoms with Gasteiger partial charge in [0.15, 0.2) is 11.4 Å². The average Bonchev–Trinajstić information content (AvgIpc) is 3.33. The van der Waals surface area contributed by atoms with Gasteiger partial charge in [-0.2, -0.15) is 5.10 Å². The van der Waals surface area contributed by atoms with E-state index in [0.29, 0.717) is 42.1 Å².